The SMILES string of the molecule is Br.Br.CNC1CCc2nc(N)sc2C1. The largest absolute Gasteiger partial charge is 0.375 e. The first-order valence-electron chi connectivity index (χ1n) is 4.21. The van der Waals surface area contributed by atoms with Crippen LogP contribution in [0, 0.1) is 0 Å². The molecule has 1 aromatic heterocycles. The Bertz CT molecular complexity index is 290. The van der Waals surface area contributed by atoms with Gasteiger partial charge in [-0.1, -0.05) is 0 Å². The predicted octanol–water partition coefficient (Wildman–Crippen LogP) is 1.96. The van der Waals surface area contributed by atoms with Crippen molar-refractivity contribution >= 4 is 50.4 Å². The van der Waals surface area contributed by atoms with Crippen LogP contribution >= 0.6 is 45.3 Å². The number of hydrogen-bond donors (Lipinski definition) is 2. The summed E-state index contributed by atoms with van der Waals surface area (Å²) in [6.45, 7) is 0. The Morgan fingerprint density at radius 3 is 2.86 bits per heavy atom. The molecular weight excluding hydrogens is 330 g/mol. The molecule has 1 aromatic rings. The topological polar surface area (TPSA) is 50.9 Å². The van der Waals surface area contributed by atoms with Gasteiger partial charge < -0.3 is 11.1 Å². The van der Waals surface area contributed by atoms with Crippen LogP contribution < -0.4 is 11.1 Å². The molecule has 14 heavy (non-hydrogen) atoms. The van der Waals surface area contributed by atoms with Gasteiger partial charge >= 0.3 is 0 Å². The average molecular weight is 345 g/mol. The fourth-order valence-electron chi connectivity index (χ4n) is 1.64. The molecule has 0 fully saturated rings. The highest BCUT2D eigenvalue weighted by atomic mass is 79.9. The lowest BCUT2D eigenvalue weighted by atomic mass is 9.98. The van der Waals surface area contributed by atoms with Crippen molar-refractivity contribution < 1.29 is 0 Å². The number of likely N-dealkylation sites (N-methyl/N-ethyl adjacent to an activating group) is 1. The van der Waals surface area contributed by atoms with E-state index in [1.807, 2.05) is 7.05 Å². The van der Waals surface area contributed by atoms with Gasteiger partial charge in [0.25, 0.3) is 0 Å². The van der Waals surface area contributed by atoms with Crippen LogP contribution in [0.5, 0.6) is 0 Å². The summed E-state index contributed by atoms with van der Waals surface area (Å²) in [5.41, 5.74) is 6.86. The summed E-state index contributed by atoms with van der Waals surface area (Å²) < 4.78 is 0. The smallest absolute Gasteiger partial charge is 0.180 e. The average Bonchev–Trinajstić information content (AvgIpc) is 2.43. The maximum absolute atomic E-state index is 5.63. The molecule has 1 aliphatic carbocycles. The number of thiazole rings is 1. The minimum absolute atomic E-state index is 0. The van der Waals surface area contributed by atoms with Gasteiger partial charge in [0.2, 0.25) is 0 Å². The number of aromatic nitrogens is 1. The monoisotopic (exact) mass is 343 g/mol. The van der Waals surface area contributed by atoms with Crippen molar-refractivity contribution in [2.75, 3.05) is 12.8 Å². The summed E-state index contributed by atoms with van der Waals surface area (Å²) in [4.78, 5) is 5.66. The van der Waals surface area contributed by atoms with Gasteiger partial charge in [-0.05, 0) is 26.3 Å². The number of hydrogen-bond acceptors (Lipinski definition) is 4. The number of anilines is 1. The lowest BCUT2D eigenvalue weighted by Gasteiger charge is -2.19. The third-order valence-electron chi connectivity index (χ3n) is 2.36. The number of nitrogens with zero attached hydrogens (tertiary/aromatic N) is 1. The molecule has 0 aliphatic heterocycles. The summed E-state index contributed by atoms with van der Waals surface area (Å²) >= 11 is 1.64. The predicted molar refractivity (Wildman–Crippen MR) is 72.0 cm³/mol. The zero-order chi connectivity index (χ0) is 8.55. The van der Waals surface area contributed by atoms with E-state index < -0.39 is 0 Å². The van der Waals surface area contributed by atoms with Gasteiger partial charge in [-0.2, -0.15) is 0 Å². The Kier molecular flexibility index (Phi) is 6.20. The first-order chi connectivity index (χ1) is 5.79. The van der Waals surface area contributed by atoms with E-state index in [0.29, 0.717) is 6.04 Å². The Labute approximate surface area is 109 Å². The fraction of sp³-hybridized carbons (Fsp3) is 0.625. The highest BCUT2D eigenvalue weighted by molar-refractivity contribution is 8.93. The van der Waals surface area contributed by atoms with Crippen molar-refractivity contribution in [2.24, 2.45) is 0 Å². The van der Waals surface area contributed by atoms with Gasteiger partial charge in [0.05, 0.1) is 5.69 Å². The van der Waals surface area contributed by atoms with Crippen molar-refractivity contribution in [1.82, 2.24) is 10.3 Å². The number of nitrogens with two attached hydrogens (primary N) is 1. The lowest BCUT2D eigenvalue weighted by molar-refractivity contribution is 0.497. The molecule has 0 radical (unpaired) electrons. The van der Waals surface area contributed by atoms with Crippen LogP contribution in [0.25, 0.3) is 0 Å². The Hall–Kier alpha value is 0.350. The van der Waals surface area contributed by atoms with Crippen molar-refractivity contribution in [1.29, 1.82) is 0 Å². The van der Waals surface area contributed by atoms with Crippen LogP contribution in [-0.4, -0.2) is 18.1 Å². The summed E-state index contributed by atoms with van der Waals surface area (Å²) in [7, 11) is 2.01. The van der Waals surface area contributed by atoms with Gasteiger partial charge in [-0.15, -0.1) is 45.3 Å². The van der Waals surface area contributed by atoms with Gasteiger partial charge in [0.15, 0.2) is 5.13 Å². The number of fused-ring (bicyclic) bond motifs is 1. The minimum Gasteiger partial charge on any atom is -0.375 e. The second-order valence-corrected chi connectivity index (χ2v) is 4.27. The van der Waals surface area contributed by atoms with Crippen molar-refractivity contribution in [3.05, 3.63) is 10.6 Å². The highest BCUT2D eigenvalue weighted by Gasteiger charge is 2.20. The standard InChI is InChI=1S/C8H13N3S.2BrH/c1-10-5-2-3-6-7(4-5)12-8(9)11-6;;/h5,10H,2-4H2,1H3,(H2,9,11);2*1H. The van der Waals surface area contributed by atoms with Crippen molar-refractivity contribution in [3.8, 4) is 0 Å². The van der Waals surface area contributed by atoms with Crippen LogP contribution in [0.2, 0.25) is 0 Å². The number of nitrogen functional groups attached to an aromatic ring is 1. The summed E-state index contributed by atoms with van der Waals surface area (Å²) in [5.74, 6) is 0. The quantitative estimate of drug-likeness (QED) is 0.818. The highest BCUT2D eigenvalue weighted by Crippen LogP contribution is 2.27. The molecule has 0 aromatic carbocycles. The van der Waals surface area contributed by atoms with E-state index in [0.717, 1.165) is 18.0 Å². The van der Waals surface area contributed by atoms with E-state index in [1.165, 1.54) is 17.0 Å². The summed E-state index contributed by atoms with van der Waals surface area (Å²) in [6, 6.07) is 0.623. The molecule has 1 atom stereocenters. The van der Waals surface area contributed by atoms with E-state index in [1.54, 1.807) is 11.3 Å². The molecule has 1 aliphatic rings. The van der Waals surface area contributed by atoms with Gasteiger partial charge in [-0.25, -0.2) is 4.98 Å². The Balaban J connectivity index is 0.000000845. The van der Waals surface area contributed by atoms with Crippen LogP contribution in [-0.2, 0) is 12.8 Å². The second kappa shape index (κ2) is 6.05. The third kappa shape index (κ3) is 2.92. The van der Waals surface area contributed by atoms with Crippen molar-refractivity contribution in [3.63, 3.8) is 0 Å². The summed E-state index contributed by atoms with van der Waals surface area (Å²) in [5, 5.41) is 4.01. The van der Waals surface area contributed by atoms with E-state index >= 15 is 0 Å². The second-order valence-electron chi connectivity index (χ2n) is 3.15. The number of halogens is 2. The molecule has 0 spiro atoms. The molecule has 0 amide bonds. The summed E-state index contributed by atoms with van der Waals surface area (Å²) in [6.07, 6.45) is 3.36. The van der Waals surface area contributed by atoms with Gasteiger partial charge in [-0.3, -0.25) is 0 Å². The minimum atomic E-state index is 0. The van der Waals surface area contributed by atoms with E-state index in [4.69, 9.17) is 5.73 Å². The zero-order valence-corrected chi connectivity index (χ0v) is 12.2. The first-order valence-corrected chi connectivity index (χ1v) is 5.02. The molecular formula is C8H15Br2N3S. The fourth-order valence-corrected chi connectivity index (χ4v) is 2.60. The molecule has 3 N–H and O–H groups in total. The molecule has 0 saturated heterocycles. The molecule has 1 unspecified atom stereocenters. The molecule has 1 heterocycles. The normalized spacial score (nSPS) is 19.1. The van der Waals surface area contributed by atoms with Crippen molar-refractivity contribution in [2.45, 2.75) is 25.3 Å². The number of rotatable bonds is 1. The molecule has 2 rings (SSSR count). The van der Waals surface area contributed by atoms with E-state index in [2.05, 4.69) is 10.3 Å². The first kappa shape index (κ1) is 14.3. The van der Waals surface area contributed by atoms with E-state index in [9.17, 15) is 0 Å². The maximum atomic E-state index is 5.63. The molecule has 0 bridgehead atoms. The molecule has 0 saturated carbocycles. The Morgan fingerprint density at radius 2 is 2.21 bits per heavy atom. The molecule has 3 nitrogen and oxygen atoms in total. The maximum Gasteiger partial charge on any atom is 0.180 e. The zero-order valence-electron chi connectivity index (χ0n) is 7.95. The third-order valence-corrected chi connectivity index (χ3v) is 3.31. The number of aryl methyl sites for hydroxylation is 1. The number of nitrogens with one attached hydrogen (secondary N) is 1. The Morgan fingerprint density at radius 1 is 1.50 bits per heavy atom. The van der Waals surface area contributed by atoms with Gasteiger partial charge in [0, 0.05) is 10.9 Å². The van der Waals surface area contributed by atoms with Crippen LogP contribution in [0.15, 0.2) is 0 Å². The van der Waals surface area contributed by atoms with Gasteiger partial charge in [0.1, 0.15) is 0 Å². The van der Waals surface area contributed by atoms with E-state index in [-0.39, 0.29) is 34.0 Å². The molecule has 6 heteroatoms. The van der Waals surface area contributed by atoms with Crippen LogP contribution in [0.4, 0.5) is 5.13 Å². The lowest BCUT2D eigenvalue weighted by Crippen LogP contribution is -2.30. The molecule has 82 valence electrons. The van der Waals surface area contributed by atoms with Crippen LogP contribution in [0.1, 0.15) is 17.0 Å². The van der Waals surface area contributed by atoms with Crippen LogP contribution in [0.3, 0.4) is 0 Å².